The Hall–Kier alpha value is -0.810. The fraction of sp³-hybridized carbons (Fsp3) is 0.444. The molecule has 1 aromatic heterocycles. The van der Waals surface area contributed by atoms with Gasteiger partial charge in [-0.25, -0.2) is 0 Å². The van der Waals surface area contributed by atoms with E-state index in [1.165, 1.54) is 0 Å². The second-order valence-corrected chi connectivity index (χ2v) is 3.94. The summed E-state index contributed by atoms with van der Waals surface area (Å²) >= 11 is 3.31. The van der Waals surface area contributed by atoms with Crippen molar-refractivity contribution in [2.24, 2.45) is 5.73 Å². The Kier molecular flexibility index (Phi) is 4.16. The molecule has 1 atom stereocenters. The molecule has 4 nitrogen and oxygen atoms in total. The zero-order chi connectivity index (χ0) is 10.6. The smallest absolute Gasteiger partial charge is 0.303 e. The molecule has 1 unspecified atom stereocenters. The van der Waals surface area contributed by atoms with Crippen molar-refractivity contribution < 1.29 is 14.3 Å². The van der Waals surface area contributed by atoms with E-state index in [2.05, 4.69) is 15.9 Å². The van der Waals surface area contributed by atoms with Gasteiger partial charge in [0, 0.05) is 18.9 Å². The minimum absolute atomic E-state index is 0.0967. The Labute approximate surface area is 90.2 Å². The van der Waals surface area contributed by atoms with E-state index in [0.717, 1.165) is 10.2 Å². The number of carboxylic acids is 1. The second-order valence-electron chi connectivity index (χ2n) is 3.09. The summed E-state index contributed by atoms with van der Waals surface area (Å²) in [5.74, 6) is -0.0538. The van der Waals surface area contributed by atoms with E-state index in [1.807, 2.05) is 0 Å². The summed E-state index contributed by atoms with van der Waals surface area (Å²) in [4.78, 5) is 10.3. The molecule has 0 fully saturated rings. The van der Waals surface area contributed by atoms with E-state index in [9.17, 15) is 4.79 Å². The number of hydrogen-bond acceptors (Lipinski definition) is 3. The number of nitrogens with two attached hydrogens (primary N) is 1. The van der Waals surface area contributed by atoms with Crippen LogP contribution in [0.1, 0.15) is 18.6 Å². The third-order valence-corrected chi connectivity index (χ3v) is 2.57. The average molecular weight is 262 g/mol. The second kappa shape index (κ2) is 5.17. The van der Waals surface area contributed by atoms with Gasteiger partial charge >= 0.3 is 5.97 Å². The molecule has 78 valence electrons. The maximum Gasteiger partial charge on any atom is 0.303 e. The van der Waals surface area contributed by atoms with Gasteiger partial charge in [-0.1, -0.05) is 0 Å². The van der Waals surface area contributed by atoms with Crippen LogP contribution < -0.4 is 5.73 Å². The Balaban J connectivity index is 2.37. The maximum absolute atomic E-state index is 10.3. The van der Waals surface area contributed by atoms with E-state index in [0.29, 0.717) is 12.8 Å². The van der Waals surface area contributed by atoms with Crippen molar-refractivity contribution >= 4 is 21.9 Å². The van der Waals surface area contributed by atoms with E-state index in [4.69, 9.17) is 15.3 Å². The minimum atomic E-state index is -0.820. The lowest BCUT2D eigenvalue weighted by Crippen LogP contribution is -2.23. The third-order valence-electron chi connectivity index (χ3n) is 1.87. The lowest BCUT2D eigenvalue weighted by Gasteiger charge is -2.07. The SMILES string of the molecule is NC(CCC(=O)O)Cc1occc1Br. The highest BCUT2D eigenvalue weighted by Crippen LogP contribution is 2.19. The first-order valence-electron chi connectivity index (χ1n) is 4.29. The van der Waals surface area contributed by atoms with Crippen molar-refractivity contribution in [1.82, 2.24) is 0 Å². The van der Waals surface area contributed by atoms with Crippen LogP contribution in [0.4, 0.5) is 0 Å². The molecular formula is C9H12BrNO3. The standard InChI is InChI=1S/C9H12BrNO3/c10-7-3-4-14-8(7)5-6(11)1-2-9(12)13/h3-4,6H,1-2,5,11H2,(H,12,13). The van der Waals surface area contributed by atoms with Crippen molar-refractivity contribution in [3.05, 3.63) is 22.6 Å². The van der Waals surface area contributed by atoms with Crippen molar-refractivity contribution in [1.29, 1.82) is 0 Å². The predicted octanol–water partition coefficient (Wildman–Crippen LogP) is 1.78. The summed E-state index contributed by atoms with van der Waals surface area (Å²) in [6, 6.07) is 1.62. The fourth-order valence-electron chi connectivity index (χ4n) is 1.12. The van der Waals surface area contributed by atoms with Crippen LogP contribution in [0.25, 0.3) is 0 Å². The largest absolute Gasteiger partial charge is 0.481 e. The quantitative estimate of drug-likeness (QED) is 0.847. The Bertz CT molecular complexity index is 311. The van der Waals surface area contributed by atoms with Crippen LogP contribution in [0.15, 0.2) is 21.2 Å². The summed E-state index contributed by atoms with van der Waals surface area (Å²) in [5, 5.41) is 8.45. The zero-order valence-electron chi connectivity index (χ0n) is 7.57. The molecule has 0 saturated heterocycles. The first-order valence-corrected chi connectivity index (χ1v) is 5.08. The van der Waals surface area contributed by atoms with Gasteiger partial charge in [0.15, 0.2) is 0 Å². The number of rotatable bonds is 5. The lowest BCUT2D eigenvalue weighted by molar-refractivity contribution is -0.137. The molecule has 0 aliphatic heterocycles. The molecule has 5 heteroatoms. The van der Waals surface area contributed by atoms with Crippen LogP contribution in [-0.4, -0.2) is 17.1 Å². The van der Waals surface area contributed by atoms with Crippen LogP contribution >= 0.6 is 15.9 Å². The molecule has 1 rings (SSSR count). The average Bonchev–Trinajstić information content (AvgIpc) is 2.49. The molecule has 0 spiro atoms. The van der Waals surface area contributed by atoms with Gasteiger partial charge in [0.2, 0.25) is 0 Å². The molecule has 1 heterocycles. The molecule has 3 N–H and O–H groups in total. The monoisotopic (exact) mass is 261 g/mol. The topological polar surface area (TPSA) is 76.5 Å². The Morgan fingerprint density at radius 1 is 1.71 bits per heavy atom. The van der Waals surface area contributed by atoms with Crippen LogP contribution in [-0.2, 0) is 11.2 Å². The van der Waals surface area contributed by atoms with E-state index < -0.39 is 5.97 Å². The van der Waals surface area contributed by atoms with Crippen LogP contribution in [0.2, 0.25) is 0 Å². The summed E-state index contributed by atoms with van der Waals surface area (Å²) < 4.78 is 6.05. The minimum Gasteiger partial charge on any atom is -0.481 e. The van der Waals surface area contributed by atoms with Gasteiger partial charge in [0.05, 0.1) is 10.7 Å². The summed E-state index contributed by atoms with van der Waals surface area (Å²) in [7, 11) is 0. The molecule has 0 radical (unpaired) electrons. The summed E-state index contributed by atoms with van der Waals surface area (Å²) in [5.41, 5.74) is 5.74. The van der Waals surface area contributed by atoms with Gasteiger partial charge < -0.3 is 15.3 Å². The van der Waals surface area contributed by atoms with Gasteiger partial charge in [0.25, 0.3) is 0 Å². The van der Waals surface area contributed by atoms with Crippen molar-refractivity contribution in [2.45, 2.75) is 25.3 Å². The van der Waals surface area contributed by atoms with Gasteiger partial charge in [0.1, 0.15) is 5.76 Å². The van der Waals surface area contributed by atoms with E-state index in [-0.39, 0.29) is 12.5 Å². The number of carbonyl (C=O) groups is 1. The van der Waals surface area contributed by atoms with Crippen LogP contribution in [0, 0.1) is 0 Å². The molecule has 0 aliphatic carbocycles. The van der Waals surface area contributed by atoms with Gasteiger partial charge in [-0.3, -0.25) is 4.79 Å². The van der Waals surface area contributed by atoms with Gasteiger partial charge in [-0.2, -0.15) is 0 Å². The van der Waals surface area contributed by atoms with Gasteiger partial charge in [-0.05, 0) is 28.4 Å². The number of carboxylic acid groups (broad SMARTS) is 1. The fourth-order valence-corrected chi connectivity index (χ4v) is 1.48. The Morgan fingerprint density at radius 2 is 2.43 bits per heavy atom. The molecule has 1 aromatic rings. The number of furan rings is 1. The predicted molar refractivity (Wildman–Crippen MR) is 55.0 cm³/mol. The molecular weight excluding hydrogens is 250 g/mol. The van der Waals surface area contributed by atoms with Gasteiger partial charge in [-0.15, -0.1) is 0 Å². The summed E-state index contributed by atoms with van der Waals surface area (Å²) in [6.07, 6.45) is 2.69. The number of hydrogen-bond donors (Lipinski definition) is 2. The summed E-state index contributed by atoms with van der Waals surface area (Å²) in [6.45, 7) is 0. The lowest BCUT2D eigenvalue weighted by atomic mass is 10.1. The molecule has 0 bridgehead atoms. The molecule has 0 aliphatic rings. The zero-order valence-corrected chi connectivity index (χ0v) is 9.16. The van der Waals surface area contributed by atoms with Crippen molar-refractivity contribution in [2.75, 3.05) is 0 Å². The number of aliphatic carboxylic acids is 1. The first kappa shape index (κ1) is 11.3. The molecule has 0 amide bonds. The Morgan fingerprint density at radius 3 is 2.93 bits per heavy atom. The van der Waals surface area contributed by atoms with E-state index in [1.54, 1.807) is 12.3 Å². The molecule has 0 saturated carbocycles. The van der Waals surface area contributed by atoms with Crippen LogP contribution in [0.5, 0.6) is 0 Å². The number of halogens is 1. The molecule has 0 aromatic carbocycles. The highest BCUT2D eigenvalue weighted by molar-refractivity contribution is 9.10. The normalized spacial score (nSPS) is 12.7. The van der Waals surface area contributed by atoms with Crippen molar-refractivity contribution in [3.63, 3.8) is 0 Å². The molecule has 14 heavy (non-hydrogen) atoms. The third kappa shape index (κ3) is 3.51. The maximum atomic E-state index is 10.3. The van der Waals surface area contributed by atoms with Crippen molar-refractivity contribution in [3.8, 4) is 0 Å². The first-order chi connectivity index (χ1) is 6.59. The highest BCUT2D eigenvalue weighted by atomic mass is 79.9. The van der Waals surface area contributed by atoms with E-state index >= 15 is 0 Å². The highest BCUT2D eigenvalue weighted by Gasteiger charge is 2.11. The van der Waals surface area contributed by atoms with Crippen LogP contribution in [0.3, 0.4) is 0 Å².